The predicted molar refractivity (Wildman–Crippen MR) is 139 cm³/mol. The number of nitrogens with one attached hydrogen (secondary N) is 1. The number of fused-ring (bicyclic) bond motifs is 1. The average molecular weight is 501 g/mol. The highest BCUT2D eigenvalue weighted by molar-refractivity contribution is 5.84. The van der Waals surface area contributed by atoms with Crippen LogP contribution < -0.4 is 5.32 Å². The molecule has 2 aromatic heterocycles. The molecular weight excluding hydrogens is 465 g/mol. The number of nitrogens with zero attached hydrogens (tertiary/aromatic N) is 5. The van der Waals surface area contributed by atoms with E-state index >= 15 is 8.78 Å². The van der Waals surface area contributed by atoms with Crippen LogP contribution in [0, 0.1) is 5.82 Å². The largest absolute Gasteiger partial charge is 0.344 e. The third-order valence-electron chi connectivity index (χ3n) is 7.21. The standard InChI is InChI=1S/C27H35F3N6/c1-17(2)21(32-18(3)4)9-8-19(5)24-20(28)15-36-22(24)14-31-25(34-36)33-23-10-13-35(16-27(23,29)30)26(6)11-7-12-26/h8-9,14-15,23H,5,7,10-13,16H2,1-4,6H3,(H,33,34)/b9-8-. The molecule has 0 spiro atoms. The van der Waals surface area contributed by atoms with Crippen molar-refractivity contribution in [2.45, 2.75) is 77.8 Å². The normalized spacial score (nSPS) is 21.3. The summed E-state index contributed by atoms with van der Waals surface area (Å²) in [6.07, 6.45) is 9.45. The number of allylic oxidation sites excluding steroid dienone is 4. The van der Waals surface area contributed by atoms with Crippen molar-refractivity contribution in [3.63, 3.8) is 0 Å². The molecule has 1 N–H and O–H groups in total. The number of aliphatic imine (C=N–C) groups is 1. The Hall–Kier alpha value is -2.94. The zero-order chi connectivity index (χ0) is 26.3. The van der Waals surface area contributed by atoms with Crippen molar-refractivity contribution in [3.05, 3.63) is 53.8 Å². The molecule has 1 aliphatic carbocycles. The summed E-state index contributed by atoms with van der Waals surface area (Å²) in [5, 5.41) is 7.07. The van der Waals surface area contributed by atoms with Gasteiger partial charge in [0.2, 0.25) is 5.95 Å². The summed E-state index contributed by atoms with van der Waals surface area (Å²) in [4.78, 5) is 10.6. The van der Waals surface area contributed by atoms with Crippen LogP contribution in [-0.2, 0) is 0 Å². The topological polar surface area (TPSA) is 57.8 Å². The smallest absolute Gasteiger partial charge is 0.280 e. The van der Waals surface area contributed by atoms with Gasteiger partial charge >= 0.3 is 0 Å². The molecule has 36 heavy (non-hydrogen) atoms. The summed E-state index contributed by atoms with van der Waals surface area (Å²) in [6, 6.07) is -1.09. The third-order valence-corrected chi connectivity index (χ3v) is 7.21. The Bertz CT molecular complexity index is 1240. The van der Waals surface area contributed by atoms with Crippen LogP contribution in [0.5, 0.6) is 0 Å². The lowest BCUT2D eigenvalue weighted by molar-refractivity contribution is -0.115. The van der Waals surface area contributed by atoms with Gasteiger partial charge in [-0.1, -0.05) is 18.2 Å². The summed E-state index contributed by atoms with van der Waals surface area (Å²) in [5.74, 6) is -3.40. The molecule has 6 nitrogen and oxygen atoms in total. The van der Waals surface area contributed by atoms with Gasteiger partial charge in [0.1, 0.15) is 0 Å². The second kappa shape index (κ2) is 9.84. The quantitative estimate of drug-likeness (QED) is 0.359. The SMILES string of the molecule is C=C(/C=C\C(N=C(C)C)=C(C)C)c1c(F)cn2nc(NC3CCN(C4(C)CCC4)CC3(F)F)ncc12. The first-order chi connectivity index (χ1) is 16.9. The molecule has 1 saturated heterocycles. The van der Waals surface area contributed by atoms with Crippen LogP contribution in [-0.4, -0.2) is 55.8 Å². The summed E-state index contributed by atoms with van der Waals surface area (Å²) in [5.41, 5.74) is 3.69. The molecule has 2 fully saturated rings. The Kier molecular flexibility index (Phi) is 7.14. The van der Waals surface area contributed by atoms with Crippen LogP contribution in [0.3, 0.4) is 0 Å². The summed E-state index contributed by atoms with van der Waals surface area (Å²) >= 11 is 0. The molecule has 0 radical (unpaired) electrons. The maximum atomic E-state index is 15.0. The Morgan fingerprint density at radius 2 is 1.94 bits per heavy atom. The third kappa shape index (κ3) is 5.26. The highest BCUT2D eigenvalue weighted by Gasteiger charge is 2.50. The van der Waals surface area contributed by atoms with Crippen LogP contribution >= 0.6 is 0 Å². The minimum Gasteiger partial charge on any atom is -0.344 e. The van der Waals surface area contributed by atoms with E-state index in [2.05, 4.69) is 33.9 Å². The molecule has 1 atom stereocenters. The number of hydrogen-bond donors (Lipinski definition) is 1. The van der Waals surface area contributed by atoms with Crippen molar-refractivity contribution in [1.29, 1.82) is 0 Å². The monoisotopic (exact) mass is 500 g/mol. The van der Waals surface area contributed by atoms with Crippen molar-refractivity contribution < 1.29 is 13.2 Å². The number of piperidine rings is 1. The maximum Gasteiger partial charge on any atom is 0.280 e. The fourth-order valence-electron chi connectivity index (χ4n) is 4.88. The van der Waals surface area contributed by atoms with Gasteiger partial charge in [0.25, 0.3) is 5.92 Å². The first kappa shape index (κ1) is 26.1. The van der Waals surface area contributed by atoms with Crippen molar-refractivity contribution in [1.82, 2.24) is 19.5 Å². The van der Waals surface area contributed by atoms with Crippen LogP contribution in [0.4, 0.5) is 19.1 Å². The molecule has 0 aromatic carbocycles. The molecular formula is C27H35F3N6. The molecule has 3 heterocycles. The zero-order valence-corrected chi connectivity index (χ0v) is 21.7. The van der Waals surface area contributed by atoms with E-state index in [0.717, 1.165) is 36.2 Å². The van der Waals surface area contributed by atoms with E-state index < -0.39 is 17.8 Å². The summed E-state index contributed by atoms with van der Waals surface area (Å²) < 4.78 is 46.2. The summed E-state index contributed by atoms with van der Waals surface area (Å²) in [6.45, 7) is 14.1. The van der Waals surface area contributed by atoms with Gasteiger partial charge in [-0.05, 0) is 72.0 Å². The molecule has 9 heteroatoms. The zero-order valence-electron chi connectivity index (χ0n) is 21.7. The van der Waals surface area contributed by atoms with Gasteiger partial charge in [0.15, 0.2) is 5.82 Å². The molecule has 2 aliphatic rings. The van der Waals surface area contributed by atoms with Crippen molar-refractivity contribution in [2.24, 2.45) is 4.99 Å². The Morgan fingerprint density at radius 1 is 1.22 bits per heavy atom. The number of aromatic nitrogens is 3. The Labute approximate surface area is 210 Å². The predicted octanol–water partition coefficient (Wildman–Crippen LogP) is 6.28. The van der Waals surface area contributed by atoms with Crippen molar-refractivity contribution >= 4 is 22.7 Å². The van der Waals surface area contributed by atoms with Gasteiger partial charge in [-0.3, -0.25) is 9.89 Å². The fraction of sp³-hybridized carbons (Fsp3) is 0.519. The van der Waals surface area contributed by atoms with Crippen LogP contribution in [0.2, 0.25) is 0 Å². The van der Waals surface area contributed by atoms with Crippen LogP contribution in [0.1, 0.15) is 65.9 Å². The highest BCUT2D eigenvalue weighted by Crippen LogP contribution is 2.41. The van der Waals surface area contributed by atoms with E-state index in [4.69, 9.17) is 0 Å². The fourth-order valence-corrected chi connectivity index (χ4v) is 4.88. The van der Waals surface area contributed by atoms with Crippen molar-refractivity contribution in [3.8, 4) is 0 Å². The molecule has 0 amide bonds. The first-order valence-corrected chi connectivity index (χ1v) is 12.4. The second-order valence-corrected chi connectivity index (χ2v) is 10.6. The molecule has 0 bridgehead atoms. The van der Waals surface area contributed by atoms with Gasteiger partial charge in [-0.15, -0.1) is 5.10 Å². The van der Waals surface area contributed by atoms with E-state index in [1.165, 1.54) is 16.9 Å². The summed E-state index contributed by atoms with van der Waals surface area (Å²) in [7, 11) is 0. The lowest BCUT2D eigenvalue weighted by Gasteiger charge is -2.52. The van der Waals surface area contributed by atoms with E-state index in [1.54, 1.807) is 12.2 Å². The van der Waals surface area contributed by atoms with Gasteiger partial charge in [0.05, 0.1) is 36.2 Å². The van der Waals surface area contributed by atoms with Crippen LogP contribution in [0.25, 0.3) is 11.1 Å². The molecule has 1 saturated carbocycles. The molecule has 1 unspecified atom stereocenters. The minimum absolute atomic E-state index is 0.0396. The van der Waals surface area contributed by atoms with Gasteiger partial charge in [0, 0.05) is 23.4 Å². The van der Waals surface area contributed by atoms with E-state index in [1.807, 2.05) is 32.6 Å². The van der Waals surface area contributed by atoms with Gasteiger partial charge in [-0.2, -0.15) is 0 Å². The molecule has 1 aliphatic heterocycles. The Balaban J connectivity index is 1.51. The van der Waals surface area contributed by atoms with E-state index in [0.29, 0.717) is 17.6 Å². The van der Waals surface area contributed by atoms with E-state index in [9.17, 15) is 4.39 Å². The molecule has 4 rings (SSSR count). The number of rotatable bonds is 7. The number of alkyl halides is 2. The number of likely N-dealkylation sites (tertiary alicyclic amines) is 1. The first-order valence-electron chi connectivity index (χ1n) is 12.4. The molecule has 194 valence electrons. The van der Waals surface area contributed by atoms with Crippen LogP contribution in [0.15, 0.2) is 47.4 Å². The highest BCUT2D eigenvalue weighted by atomic mass is 19.3. The van der Waals surface area contributed by atoms with Gasteiger partial charge < -0.3 is 5.32 Å². The Morgan fingerprint density at radius 3 is 2.53 bits per heavy atom. The average Bonchev–Trinajstić information content (AvgIpc) is 3.10. The van der Waals surface area contributed by atoms with Crippen molar-refractivity contribution in [2.75, 3.05) is 18.4 Å². The lowest BCUT2D eigenvalue weighted by atomic mass is 9.75. The number of anilines is 1. The molecule has 2 aromatic rings. The second-order valence-electron chi connectivity index (χ2n) is 10.6. The lowest BCUT2D eigenvalue weighted by Crippen LogP contribution is -2.62. The number of hydrogen-bond acceptors (Lipinski definition) is 5. The van der Waals surface area contributed by atoms with Gasteiger partial charge in [-0.25, -0.2) is 22.7 Å². The number of halogens is 3. The maximum absolute atomic E-state index is 15.0. The van der Waals surface area contributed by atoms with E-state index in [-0.39, 0.29) is 30.0 Å². The minimum atomic E-state index is -2.93.